The molecule has 1 fully saturated rings. The maximum atomic E-state index is 2.75. The summed E-state index contributed by atoms with van der Waals surface area (Å²) in [6.07, 6.45) is 11.5. The highest BCUT2D eigenvalue weighted by Crippen LogP contribution is 2.48. The zero-order chi connectivity index (χ0) is 12.4. The first-order valence-corrected chi connectivity index (χ1v) is 8.16. The molecule has 0 bridgehead atoms. The minimum atomic E-state index is 0.331. The van der Waals surface area contributed by atoms with Gasteiger partial charge in [0.05, 0.1) is 5.54 Å². The second kappa shape index (κ2) is 5.18. The monoisotopic (exact) mass is 261 g/mol. The molecule has 0 saturated heterocycles. The zero-order valence-corrected chi connectivity index (χ0v) is 12.1. The predicted molar refractivity (Wildman–Crippen MR) is 79.0 cm³/mol. The topological polar surface area (TPSA) is 3.24 Å². The molecule has 2 unspecified atom stereocenters. The smallest absolute Gasteiger partial charge is 0.0582 e. The highest BCUT2D eigenvalue weighted by atomic mass is 32.1. The van der Waals surface area contributed by atoms with Crippen LogP contribution in [0.1, 0.15) is 43.9 Å². The van der Waals surface area contributed by atoms with Gasteiger partial charge in [-0.2, -0.15) is 0 Å². The van der Waals surface area contributed by atoms with Crippen LogP contribution in [0.25, 0.3) is 0 Å². The fraction of sp³-hybridized carbons (Fsp3) is 0.625. The predicted octanol–water partition coefficient (Wildman–Crippen LogP) is 4.42. The van der Waals surface area contributed by atoms with E-state index in [4.69, 9.17) is 0 Å². The van der Waals surface area contributed by atoms with Crippen molar-refractivity contribution in [1.29, 1.82) is 0 Å². The Labute approximate surface area is 115 Å². The van der Waals surface area contributed by atoms with Crippen LogP contribution in [0.15, 0.2) is 29.7 Å². The van der Waals surface area contributed by atoms with Crippen molar-refractivity contribution < 1.29 is 0 Å². The van der Waals surface area contributed by atoms with Crippen LogP contribution in [0.5, 0.6) is 0 Å². The van der Waals surface area contributed by atoms with E-state index in [1.54, 1.807) is 4.88 Å². The van der Waals surface area contributed by atoms with Crippen molar-refractivity contribution in [2.24, 2.45) is 5.92 Å². The summed E-state index contributed by atoms with van der Waals surface area (Å²) >= 11 is 1.96. The van der Waals surface area contributed by atoms with Gasteiger partial charge >= 0.3 is 0 Å². The van der Waals surface area contributed by atoms with Gasteiger partial charge < -0.3 is 0 Å². The lowest BCUT2D eigenvalue weighted by molar-refractivity contribution is 0.0118. The van der Waals surface area contributed by atoms with E-state index >= 15 is 0 Å². The number of thiophene rings is 1. The molecule has 0 aromatic carbocycles. The van der Waals surface area contributed by atoms with Crippen molar-refractivity contribution in [3.05, 3.63) is 34.5 Å². The van der Waals surface area contributed by atoms with E-state index < -0.39 is 0 Å². The first-order chi connectivity index (χ1) is 8.84. The SMILES string of the molecule is CC1CCCCC1(c1cccs1)N1CC=CCC1. The molecule has 1 saturated carbocycles. The lowest BCUT2D eigenvalue weighted by atomic mass is 9.71. The van der Waals surface area contributed by atoms with Gasteiger partial charge in [0.15, 0.2) is 0 Å². The number of rotatable bonds is 2. The molecular formula is C16H23NS. The summed E-state index contributed by atoms with van der Waals surface area (Å²) in [6, 6.07) is 4.59. The van der Waals surface area contributed by atoms with E-state index in [1.165, 1.54) is 38.6 Å². The Hall–Kier alpha value is -0.600. The van der Waals surface area contributed by atoms with E-state index in [1.807, 2.05) is 11.3 Å². The van der Waals surface area contributed by atoms with E-state index in [2.05, 4.69) is 41.5 Å². The lowest BCUT2D eigenvalue weighted by Crippen LogP contribution is -2.52. The van der Waals surface area contributed by atoms with Crippen LogP contribution in [0.3, 0.4) is 0 Å². The van der Waals surface area contributed by atoms with E-state index in [0.29, 0.717) is 5.54 Å². The fourth-order valence-corrected chi connectivity index (χ4v) is 4.95. The molecule has 3 rings (SSSR count). The van der Waals surface area contributed by atoms with Gasteiger partial charge in [-0.05, 0) is 36.6 Å². The summed E-state index contributed by atoms with van der Waals surface area (Å²) in [5, 5.41) is 2.25. The second-order valence-electron chi connectivity index (χ2n) is 5.75. The Balaban J connectivity index is 1.99. The second-order valence-corrected chi connectivity index (χ2v) is 6.70. The van der Waals surface area contributed by atoms with Gasteiger partial charge in [0.1, 0.15) is 0 Å². The third-order valence-electron chi connectivity index (χ3n) is 4.83. The van der Waals surface area contributed by atoms with Crippen LogP contribution in [-0.2, 0) is 5.54 Å². The van der Waals surface area contributed by atoms with Crippen LogP contribution in [0, 0.1) is 5.92 Å². The lowest BCUT2D eigenvalue weighted by Gasteiger charge is -2.50. The van der Waals surface area contributed by atoms with Crippen LogP contribution in [0.2, 0.25) is 0 Å². The average Bonchev–Trinajstić information content (AvgIpc) is 2.95. The van der Waals surface area contributed by atoms with Crippen LogP contribution in [-0.4, -0.2) is 18.0 Å². The number of hydrogen-bond donors (Lipinski definition) is 0. The molecule has 1 aromatic rings. The summed E-state index contributed by atoms with van der Waals surface area (Å²) in [7, 11) is 0. The number of nitrogens with zero attached hydrogens (tertiary/aromatic N) is 1. The molecule has 1 aromatic heterocycles. The molecular weight excluding hydrogens is 238 g/mol. The van der Waals surface area contributed by atoms with Crippen LogP contribution in [0.4, 0.5) is 0 Å². The average molecular weight is 261 g/mol. The maximum absolute atomic E-state index is 2.75. The molecule has 2 heterocycles. The van der Waals surface area contributed by atoms with Crippen molar-refractivity contribution >= 4 is 11.3 Å². The number of hydrogen-bond acceptors (Lipinski definition) is 2. The van der Waals surface area contributed by atoms with Crippen LogP contribution >= 0.6 is 11.3 Å². The van der Waals surface area contributed by atoms with Gasteiger partial charge in [0.25, 0.3) is 0 Å². The van der Waals surface area contributed by atoms with Crippen LogP contribution < -0.4 is 0 Å². The van der Waals surface area contributed by atoms with Crippen molar-refractivity contribution in [1.82, 2.24) is 4.90 Å². The van der Waals surface area contributed by atoms with Crippen molar-refractivity contribution in [2.45, 2.75) is 44.6 Å². The van der Waals surface area contributed by atoms with E-state index in [0.717, 1.165) is 12.5 Å². The summed E-state index contributed by atoms with van der Waals surface area (Å²) in [6.45, 7) is 4.85. The maximum Gasteiger partial charge on any atom is 0.0582 e. The first-order valence-electron chi connectivity index (χ1n) is 7.28. The summed E-state index contributed by atoms with van der Waals surface area (Å²) in [5.41, 5.74) is 0.331. The van der Waals surface area contributed by atoms with Crippen molar-refractivity contribution in [2.75, 3.05) is 13.1 Å². The fourth-order valence-electron chi connectivity index (χ4n) is 3.85. The standard InChI is InChI=1S/C16H23NS/c1-14-8-3-4-10-16(14,15-9-7-13-18-15)17-11-5-2-6-12-17/h2,5,7,9,13-14H,3-4,6,8,10-12H2,1H3. The third kappa shape index (κ3) is 1.96. The molecule has 1 aliphatic carbocycles. The van der Waals surface area contributed by atoms with Gasteiger partial charge in [-0.3, -0.25) is 4.90 Å². The van der Waals surface area contributed by atoms with E-state index in [-0.39, 0.29) is 0 Å². The molecule has 0 radical (unpaired) electrons. The third-order valence-corrected chi connectivity index (χ3v) is 5.87. The minimum absolute atomic E-state index is 0.331. The Bertz CT molecular complexity index is 409. The quantitative estimate of drug-likeness (QED) is 0.713. The molecule has 2 heteroatoms. The molecule has 2 atom stereocenters. The molecule has 0 spiro atoms. The Morgan fingerprint density at radius 2 is 2.28 bits per heavy atom. The normalized spacial score (nSPS) is 33.7. The summed E-state index contributed by atoms with van der Waals surface area (Å²) < 4.78 is 0. The highest BCUT2D eigenvalue weighted by molar-refractivity contribution is 7.10. The molecule has 1 aliphatic heterocycles. The van der Waals surface area contributed by atoms with Gasteiger partial charge in [0, 0.05) is 18.0 Å². The Kier molecular flexibility index (Phi) is 3.58. The summed E-state index contributed by atoms with van der Waals surface area (Å²) in [4.78, 5) is 4.35. The van der Waals surface area contributed by atoms with Crippen molar-refractivity contribution in [3.8, 4) is 0 Å². The molecule has 1 nitrogen and oxygen atoms in total. The summed E-state index contributed by atoms with van der Waals surface area (Å²) in [5.74, 6) is 0.788. The van der Waals surface area contributed by atoms with Gasteiger partial charge in [-0.15, -0.1) is 11.3 Å². The molecule has 2 aliphatic rings. The first kappa shape index (κ1) is 12.4. The van der Waals surface area contributed by atoms with Crippen molar-refractivity contribution in [3.63, 3.8) is 0 Å². The highest BCUT2D eigenvalue weighted by Gasteiger charge is 2.44. The van der Waals surface area contributed by atoms with E-state index in [9.17, 15) is 0 Å². The Morgan fingerprint density at radius 1 is 1.33 bits per heavy atom. The largest absolute Gasteiger partial charge is 0.289 e. The minimum Gasteiger partial charge on any atom is -0.289 e. The van der Waals surface area contributed by atoms with Gasteiger partial charge in [-0.25, -0.2) is 0 Å². The molecule has 18 heavy (non-hydrogen) atoms. The van der Waals surface area contributed by atoms with Gasteiger partial charge in [-0.1, -0.05) is 38.0 Å². The van der Waals surface area contributed by atoms with Gasteiger partial charge in [0.2, 0.25) is 0 Å². The molecule has 0 amide bonds. The zero-order valence-electron chi connectivity index (χ0n) is 11.3. The Morgan fingerprint density at radius 3 is 2.94 bits per heavy atom. The molecule has 0 N–H and O–H groups in total. The molecule has 98 valence electrons.